The second kappa shape index (κ2) is 7.72. The molecule has 0 amide bonds. The number of fused-ring (bicyclic) bond motifs is 1. The van der Waals surface area contributed by atoms with Gasteiger partial charge in [0.2, 0.25) is 10.0 Å². The van der Waals surface area contributed by atoms with Crippen LogP contribution in [0, 0.1) is 6.92 Å². The van der Waals surface area contributed by atoms with Gasteiger partial charge in [0.05, 0.1) is 30.3 Å². The van der Waals surface area contributed by atoms with Crippen LogP contribution in [0.1, 0.15) is 30.7 Å². The molecule has 3 aromatic rings. The van der Waals surface area contributed by atoms with Crippen LogP contribution in [0.3, 0.4) is 0 Å². The molecule has 0 saturated heterocycles. The second-order valence-corrected chi connectivity index (χ2v) is 10.7. The van der Waals surface area contributed by atoms with Gasteiger partial charge in [0.25, 0.3) is 0 Å². The van der Waals surface area contributed by atoms with Crippen LogP contribution in [-0.2, 0) is 23.1 Å². The fourth-order valence-corrected chi connectivity index (χ4v) is 5.04. The average molecular weight is 446 g/mol. The van der Waals surface area contributed by atoms with Crippen molar-refractivity contribution >= 4 is 21.6 Å². The Kier molecular flexibility index (Phi) is 5.38. The molecule has 0 bridgehead atoms. The van der Waals surface area contributed by atoms with Crippen LogP contribution in [0.5, 0.6) is 5.75 Å². The van der Waals surface area contributed by atoms with E-state index < -0.39 is 15.3 Å². The molecule has 0 atom stereocenters. The van der Waals surface area contributed by atoms with Crippen molar-refractivity contribution in [1.29, 1.82) is 0 Å². The van der Waals surface area contributed by atoms with Gasteiger partial charge in [0.15, 0.2) is 0 Å². The van der Waals surface area contributed by atoms with E-state index in [0.29, 0.717) is 17.3 Å². The van der Waals surface area contributed by atoms with E-state index in [1.165, 1.54) is 4.31 Å². The van der Waals surface area contributed by atoms with Gasteiger partial charge in [-0.15, -0.1) is 0 Å². The SMILES string of the molecule is COc1cc(C)ccc1-n1nc2c(c1-c1ccc(Cl)cc1)CN(S(=O)(=O)C(C)C)C2. The molecule has 1 aliphatic heterocycles. The molecular weight excluding hydrogens is 422 g/mol. The van der Waals surface area contributed by atoms with Crippen LogP contribution in [0.15, 0.2) is 42.5 Å². The Morgan fingerprint density at radius 2 is 1.80 bits per heavy atom. The number of aromatic nitrogens is 2. The van der Waals surface area contributed by atoms with Crippen LogP contribution in [-0.4, -0.2) is 34.9 Å². The highest BCUT2D eigenvalue weighted by Crippen LogP contribution is 2.38. The van der Waals surface area contributed by atoms with E-state index in [4.69, 9.17) is 21.4 Å². The molecular formula is C22H24ClN3O3S. The minimum absolute atomic E-state index is 0.262. The van der Waals surface area contributed by atoms with Crippen molar-refractivity contribution in [2.24, 2.45) is 0 Å². The Bertz CT molecular complexity index is 1200. The molecule has 0 spiro atoms. The number of hydrogen-bond donors (Lipinski definition) is 0. The number of methoxy groups -OCH3 is 1. The summed E-state index contributed by atoms with van der Waals surface area (Å²) in [5.74, 6) is 0.707. The molecule has 8 heteroatoms. The first-order valence-corrected chi connectivity index (χ1v) is 11.6. The lowest BCUT2D eigenvalue weighted by atomic mass is 10.1. The van der Waals surface area contributed by atoms with Crippen molar-refractivity contribution in [3.63, 3.8) is 0 Å². The number of aryl methyl sites for hydroxylation is 1. The summed E-state index contributed by atoms with van der Waals surface area (Å²) in [5.41, 5.74) is 5.32. The molecule has 0 aliphatic carbocycles. The molecule has 0 unspecified atom stereocenters. The number of hydrogen-bond acceptors (Lipinski definition) is 4. The summed E-state index contributed by atoms with van der Waals surface area (Å²) in [6.45, 7) is 5.95. The predicted octanol–water partition coefficient (Wildman–Crippen LogP) is 4.56. The van der Waals surface area contributed by atoms with Gasteiger partial charge in [-0.2, -0.15) is 9.40 Å². The highest BCUT2D eigenvalue weighted by Gasteiger charge is 2.36. The molecule has 4 rings (SSSR count). The molecule has 0 saturated carbocycles. The topological polar surface area (TPSA) is 64.4 Å². The normalized spacial score (nSPS) is 14.3. The van der Waals surface area contributed by atoms with E-state index in [1.54, 1.807) is 21.0 Å². The fraction of sp³-hybridized carbons (Fsp3) is 0.318. The summed E-state index contributed by atoms with van der Waals surface area (Å²) in [5, 5.41) is 4.97. The Morgan fingerprint density at radius 3 is 2.43 bits per heavy atom. The summed E-state index contributed by atoms with van der Waals surface area (Å²) in [4.78, 5) is 0. The summed E-state index contributed by atoms with van der Waals surface area (Å²) < 4.78 is 34.4. The van der Waals surface area contributed by atoms with Crippen LogP contribution < -0.4 is 4.74 Å². The largest absolute Gasteiger partial charge is 0.494 e. The van der Waals surface area contributed by atoms with Gasteiger partial charge in [0, 0.05) is 22.7 Å². The Hall–Kier alpha value is -2.35. The first kappa shape index (κ1) is 20.9. The number of nitrogens with zero attached hydrogens (tertiary/aromatic N) is 3. The monoisotopic (exact) mass is 445 g/mol. The van der Waals surface area contributed by atoms with Crippen LogP contribution >= 0.6 is 11.6 Å². The first-order valence-electron chi connectivity index (χ1n) is 9.73. The third kappa shape index (κ3) is 3.51. The number of halogens is 1. The Labute approximate surface area is 182 Å². The van der Waals surface area contributed by atoms with Crippen molar-refractivity contribution < 1.29 is 13.2 Å². The van der Waals surface area contributed by atoms with Gasteiger partial charge in [-0.3, -0.25) is 0 Å². The van der Waals surface area contributed by atoms with Crippen LogP contribution in [0.2, 0.25) is 5.02 Å². The third-order valence-corrected chi connectivity index (χ3v) is 7.79. The zero-order chi connectivity index (χ0) is 21.6. The highest BCUT2D eigenvalue weighted by atomic mass is 35.5. The molecule has 158 valence electrons. The lowest BCUT2D eigenvalue weighted by molar-refractivity contribution is 0.409. The van der Waals surface area contributed by atoms with Crippen molar-refractivity contribution in [2.75, 3.05) is 7.11 Å². The van der Waals surface area contributed by atoms with Gasteiger partial charge < -0.3 is 4.74 Å². The summed E-state index contributed by atoms with van der Waals surface area (Å²) >= 11 is 6.10. The number of benzene rings is 2. The van der Waals surface area contributed by atoms with Crippen LogP contribution in [0.25, 0.3) is 16.9 Å². The quantitative estimate of drug-likeness (QED) is 0.577. The van der Waals surface area contributed by atoms with Gasteiger partial charge in [-0.25, -0.2) is 13.1 Å². The van der Waals surface area contributed by atoms with Gasteiger partial charge >= 0.3 is 0 Å². The van der Waals surface area contributed by atoms with E-state index >= 15 is 0 Å². The Balaban J connectivity index is 1.90. The standard InChI is InChI=1S/C22H24ClN3O3S/c1-14(2)30(27,28)25-12-18-19(13-25)24-26(20-10-5-15(3)11-21(20)29-4)22(18)16-6-8-17(23)9-7-16/h5-11,14H,12-13H2,1-4H3. The lowest BCUT2D eigenvalue weighted by Crippen LogP contribution is -2.32. The number of sulfonamides is 1. The number of ether oxygens (including phenoxy) is 1. The smallest absolute Gasteiger partial charge is 0.217 e. The highest BCUT2D eigenvalue weighted by molar-refractivity contribution is 7.89. The third-order valence-electron chi connectivity index (χ3n) is 5.36. The molecule has 1 aliphatic rings. The molecule has 6 nitrogen and oxygen atoms in total. The van der Waals surface area contributed by atoms with Gasteiger partial charge in [-0.1, -0.05) is 29.8 Å². The average Bonchev–Trinajstić information content (AvgIpc) is 3.27. The maximum atomic E-state index is 12.7. The minimum Gasteiger partial charge on any atom is -0.494 e. The van der Waals surface area contributed by atoms with Crippen molar-refractivity contribution in [3.05, 3.63) is 64.3 Å². The van der Waals surface area contributed by atoms with E-state index in [-0.39, 0.29) is 6.54 Å². The Morgan fingerprint density at radius 1 is 1.10 bits per heavy atom. The minimum atomic E-state index is -3.38. The van der Waals surface area contributed by atoms with E-state index in [2.05, 4.69) is 0 Å². The molecule has 0 fully saturated rings. The fourth-order valence-electron chi connectivity index (χ4n) is 3.70. The zero-order valence-electron chi connectivity index (χ0n) is 17.4. The summed E-state index contributed by atoms with van der Waals surface area (Å²) in [6, 6.07) is 13.4. The van der Waals surface area contributed by atoms with Crippen molar-refractivity contribution in [3.8, 4) is 22.7 Å². The summed E-state index contributed by atoms with van der Waals surface area (Å²) in [7, 11) is -1.74. The molecule has 0 radical (unpaired) electrons. The number of rotatable bonds is 5. The molecule has 2 heterocycles. The first-order chi connectivity index (χ1) is 14.2. The lowest BCUT2D eigenvalue weighted by Gasteiger charge is -2.20. The molecule has 0 N–H and O–H groups in total. The molecule has 2 aromatic carbocycles. The maximum Gasteiger partial charge on any atom is 0.217 e. The van der Waals surface area contributed by atoms with Gasteiger partial charge in [-0.05, 0) is 50.6 Å². The van der Waals surface area contributed by atoms with Gasteiger partial charge in [0.1, 0.15) is 11.4 Å². The van der Waals surface area contributed by atoms with E-state index in [0.717, 1.165) is 33.8 Å². The zero-order valence-corrected chi connectivity index (χ0v) is 19.0. The molecule has 1 aromatic heterocycles. The summed E-state index contributed by atoms with van der Waals surface area (Å²) in [6.07, 6.45) is 0. The molecule has 30 heavy (non-hydrogen) atoms. The van der Waals surface area contributed by atoms with Crippen molar-refractivity contribution in [1.82, 2.24) is 14.1 Å². The van der Waals surface area contributed by atoms with Crippen molar-refractivity contribution in [2.45, 2.75) is 39.1 Å². The van der Waals surface area contributed by atoms with E-state index in [1.807, 2.05) is 54.1 Å². The van der Waals surface area contributed by atoms with Crippen LogP contribution in [0.4, 0.5) is 0 Å². The predicted molar refractivity (Wildman–Crippen MR) is 119 cm³/mol. The van der Waals surface area contributed by atoms with E-state index in [9.17, 15) is 8.42 Å². The maximum absolute atomic E-state index is 12.7. The second-order valence-electron chi connectivity index (χ2n) is 7.73.